The Kier molecular flexibility index (Phi) is 9.21. The van der Waals surface area contributed by atoms with Crippen LogP contribution in [0.25, 0.3) is 0 Å². The Morgan fingerprint density at radius 1 is 1.33 bits per heavy atom. The van der Waals surface area contributed by atoms with Crippen LogP contribution < -0.4 is 10.6 Å². The summed E-state index contributed by atoms with van der Waals surface area (Å²) in [5.41, 5.74) is -4.32. The summed E-state index contributed by atoms with van der Waals surface area (Å²) in [7, 11) is -3.65. The number of nitrogens with one attached hydrogen (secondary N) is 2. The van der Waals surface area contributed by atoms with Crippen LogP contribution in [0, 0.1) is 0 Å². The third kappa shape index (κ3) is 6.75. The van der Waals surface area contributed by atoms with Gasteiger partial charge in [0.15, 0.2) is 5.96 Å². The maximum absolute atomic E-state index is 12.6. The van der Waals surface area contributed by atoms with Gasteiger partial charge in [0.2, 0.25) is 0 Å². The normalized spacial score (nSPS) is 17.3. The molecule has 2 heterocycles. The van der Waals surface area contributed by atoms with Gasteiger partial charge in [0.1, 0.15) is 0 Å². The van der Waals surface area contributed by atoms with E-state index in [2.05, 4.69) is 20.6 Å². The van der Waals surface area contributed by atoms with Crippen molar-refractivity contribution in [3.05, 3.63) is 30.1 Å². The van der Waals surface area contributed by atoms with Gasteiger partial charge in [-0.15, -0.1) is 24.0 Å². The molecule has 1 aromatic rings. The van der Waals surface area contributed by atoms with Gasteiger partial charge >= 0.3 is 15.5 Å². The second-order valence-electron chi connectivity index (χ2n) is 5.84. The van der Waals surface area contributed by atoms with Crippen LogP contribution in [0.2, 0.25) is 0 Å². The number of pyridine rings is 1. The average Bonchev–Trinajstić information content (AvgIpc) is 2.61. The highest BCUT2D eigenvalue weighted by Gasteiger charge is 2.50. The number of halogens is 4. The van der Waals surface area contributed by atoms with Gasteiger partial charge < -0.3 is 10.6 Å². The first-order valence-electron chi connectivity index (χ1n) is 8.17. The number of aromatic nitrogens is 1. The predicted octanol–water partition coefficient (Wildman–Crippen LogP) is 1.72. The molecule has 1 aliphatic heterocycles. The number of aliphatic imine (C=N–C) groups is 1. The van der Waals surface area contributed by atoms with E-state index in [4.69, 9.17) is 0 Å². The number of hydrogen-bond donors (Lipinski definition) is 2. The van der Waals surface area contributed by atoms with E-state index in [1.165, 1.54) is 0 Å². The Morgan fingerprint density at radius 3 is 2.52 bits per heavy atom. The molecule has 154 valence electrons. The Bertz CT molecular complexity index is 708. The van der Waals surface area contributed by atoms with Crippen LogP contribution >= 0.6 is 24.0 Å². The lowest BCUT2D eigenvalue weighted by atomic mass is 10.1. The fraction of sp³-hybridized carbons (Fsp3) is 0.600. The fourth-order valence-corrected chi connectivity index (χ4v) is 3.61. The third-order valence-corrected chi connectivity index (χ3v) is 5.68. The van der Waals surface area contributed by atoms with Gasteiger partial charge in [-0.05, 0) is 25.0 Å². The molecule has 0 atom stereocenters. The third-order valence-electron chi connectivity index (χ3n) is 4.05. The summed E-state index contributed by atoms with van der Waals surface area (Å²) in [6, 6.07) is 5.51. The summed E-state index contributed by atoms with van der Waals surface area (Å²) in [4.78, 5) is 8.30. The molecular formula is C15H23F3IN5O2S. The number of alkyl halides is 3. The highest BCUT2D eigenvalue weighted by Crippen LogP contribution is 2.28. The molecule has 0 saturated carbocycles. The molecule has 1 saturated heterocycles. The molecule has 0 spiro atoms. The van der Waals surface area contributed by atoms with Crippen molar-refractivity contribution < 1.29 is 21.6 Å². The van der Waals surface area contributed by atoms with E-state index in [9.17, 15) is 21.6 Å². The zero-order chi connectivity index (χ0) is 19.2. The molecule has 0 aromatic carbocycles. The minimum absolute atomic E-state index is 0. The maximum atomic E-state index is 12.6. The fourth-order valence-electron chi connectivity index (χ4n) is 2.63. The van der Waals surface area contributed by atoms with Crippen LogP contribution in [0.3, 0.4) is 0 Å². The van der Waals surface area contributed by atoms with E-state index >= 15 is 0 Å². The zero-order valence-corrected chi connectivity index (χ0v) is 17.9. The van der Waals surface area contributed by atoms with Crippen LogP contribution in [-0.4, -0.2) is 61.9 Å². The first-order chi connectivity index (χ1) is 12.2. The van der Waals surface area contributed by atoms with Crippen LogP contribution in [0.15, 0.2) is 29.4 Å². The molecule has 1 fully saturated rings. The Hall–Kier alpha value is -1.15. The summed E-state index contributed by atoms with van der Waals surface area (Å²) in [6.45, 7) is 0.243. The summed E-state index contributed by atoms with van der Waals surface area (Å²) in [5.74, 6) is 0.526. The summed E-state index contributed by atoms with van der Waals surface area (Å²) >= 11 is 0. The lowest BCUT2D eigenvalue weighted by Crippen LogP contribution is -2.51. The molecular weight excluding hydrogens is 498 g/mol. The Morgan fingerprint density at radius 2 is 2.00 bits per heavy atom. The van der Waals surface area contributed by atoms with Crippen molar-refractivity contribution in [2.24, 2.45) is 4.99 Å². The van der Waals surface area contributed by atoms with Crippen LogP contribution in [0.4, 0.5) is 13.2 Å². The molecule has 1 aliphatic rings. The van der Waals surface area contributed by atoms with Crippen molar-refractivity contribution in [3.8, 4) is 0 Å². The molecule has 0 aliphatic carbocycles. The largest absolute Gasteiger partial charge is 0.511 e. The zero-order valence-electron chi connectivity index (χ0n) is 14.7. The quantitative estimate of drug-likeness (QED) is 0.350. The van der Waals surface area contributed by atoms with E-state index < -0.39 is 15.5 Å². The van der Waals surface area contributed by atoms with Crippen LogP contribution in [0.5, 0.6) is 0 Å². The van der Waals surface area contributed by atoms with Gasteiger partial charge in [-0.2, -0.15) is 17.5 Å². The Labute approximate surface area is 173 Å². The lowest BCUT2D eigenvalue weighted by Gasteiger charge is -2.32. The number of piperidine rings is 1. The summed E-state index contributed by atoms with van der Waals surface area (Å²) in [6.07, 6.45) is 2.96. The average molecular weight is 521 g/mol. The number of hydrogen-bond acceptors (Lipinski definition) is 4. The molecule has 0 bridgehead atoms. The Balaban J connectivity index is 0.00000364. The molecule has 0 amide bonds. The van der Waals surface area contributed by atoms with Crippen molar-refractivity contribution in [2.45, 2.75) is 30.8 Å². The number of guanidine groups is 1. The molecule has 7 nitrogen and oxygen atoms in total. The number of sulfonamides is 1. The minimum atomic E-state index is -5.25. The van der Waals surface area contributed by atoms with Gasteiger partial charge in [0.25, 0.3) is 0 Å². The highest BCUT2D eigenvalue weighted by atomic mass is 127. The molecule has 2 rings (SSSR count). The molecule has 2 N–H and O–H groups in total. The second kappa shape index (κ2) is 10.4. The van der Waals surface area contributed by atoms with Crippen molar-refractivity contribution in [1.29, 1.82) is 0 Å². The smallest absolute Gasteiger partial charge is 0.356 e. The molecule has 0 unspecified atom stereocenters. The predicted molar refractivity (Wildman–Crippen MR) is 107 cm³/mol. The topological polar surface area (TPSA) is 86.7 Å². The van der Waals surface area contributed by atoms with Crippen molar-refractivity contribution >= 4 is 40.0 Å². The molecule has 12 heteroatoms. The van der Waals surface area contributed by atoms with Gasteiger partial charge in [-0.3, -0.25) is 9.98 Å². The van der Waals surface area contributed by atoms with Crippen molar-refractivity contribution in [3.63, 3.8) is 0 Å². The number of nitrogens with zero attached hydrogens (tertiary/aromatic N) is 3. The first-order valence-corrected chi connectivity index (χ1v) is 9.61. The number of rotatable bonds is 5. The molecule has 27 heavy (non-hydrogen) atoms. The van der Waals surface area contributed by atoms with E-state index in [1.807, 2.05) is 18.2 Å². The summed E-state index contributed by atoms with van der Waals surface area (Å²) < 4.78 is 61.0. The standard InChI is InChI=1S/C15H22F3N5O2S.HI/c1-19-14(21-9-5-12-4-2-3-8-20-12)22-13-6-10-23(11-7-13)26(24,25)15(16,17)18;/h2-4,8,13H,5-7,9-11H2,1H3,(H2,19,21,22);1H. The summed E-state index contributed by atoms with van der Waals surface area (Å²) in [5, 5.41) is 6.24. The SMILES string of the molecule is CN=C(NCCc1ccccn1)NC1CCN(S(=O)(=O)C(F)(F)F)CC1.I. The monoisotopic (exact) mass is 521 g/mol. The maximum Gasteiger partial charge on any atom is 0.511 e. The van der Waals surface area contributed by atoms with Crippen LogP contribution in [-0.2, 0) is 16.4 Å². The van der Waals surface area contributed by atoms with Gasteiger partial charge in [-0.25, -0.2) is 8.42 Å². The lowest BCUT2D eigenvalue weighted by molar-refractivity contribution is -0.0494. The van der Waals surface area contributed by atoms with Gasteiger partial charge in [-0.1, -0.05) is 6.07 Å². The van der Waals surface area contributed by atoms with Crippen LogP contribution in [0.1, 0.15) is 18.5 Å². The molecule has 0 radical (unpaired) electrons. The molecule has 1 aromatic heterocycles. The van der Waals surface area contributed by atoms with Gasteiger partial charge in [0, 0.05) is 51.0 Å². The van der Waals surface area contributed by atoms with Gasteiger partial charge in [0.05, 0.1) is 0 Å². The van der Waals surface area contributed by atoms with E-state index in [1.54, 1.807) is 13.2 Å². The van der Waals surface area contributed by atoms with E-state index in [0.717, 1.165) is 5.69 Å². The minimum Gasteiger partial charge on any atom is -0.356 e. The van der Waals surface area contributed by atoms with Crippen molar-refractivity contribution in [2.75, 3.05) is 26.7 Å². The second-order valence-corrected chi connectivity index (χ2v) is 7.77. The van der Waals surface area contributed by atoms with Crippen molar-refractivity contribution in [1.82, 2.24) is 19.9 Å². The van der Waals surface area contributed by atoms with E-state index in [0.29, 0.717) is 23.2 Å². The van der Waals surface area contributed by atoms with E-state index in [-0.39, 0.29) is 55.9 Å². The first kappa shape index (κ1) is 23.9. The highest BCUT2D eigenvalue weighted by molar-refractivity contribution is 14.0.